The lowest BCUT2D eigenvalue weighted by Crippen LogP contribution is -2.45. The molecular formula is C16H22N2O. The van der Waals surface area contributed by atoms with E-state index in [0.717, 1.165) is 17.7 Å². The van der Waals surface area contributed by atoms with Crippen LogP contribution in [0.2, 0.25) is 0 Å². The molecule has 0 spiro atoms. The van der Waals surface area contributed by atoms with Crippen LogP contribution < -0.4 is 4.90 Å². The van der Waals surface area contributed by atoms with Crippen LogP contribution in [0.4, 0.5) is 5.69 Å². The highest BCUT2D eigenvalue weighted by atomic mass is 16.4. The number of nitrogens with zero attached hydrogens (tertiary/aromatic N) is 2. The Labute approximate surface area is 115 Å². The average molecular weight is 258 g/mol. The lowest BCUT2D eigenvalue weighted by molar-refractivity contribution is 0.322. The summed E-state index contributed by atoms with van der Waals surface area (Å²) in [5.74, 6) is 0. The fourth-order valence-corrected chi connectivity index (χ4v) is 3.02. The Morgan fingerprint density at radius 1 is 1.32 bits per heavy atom. The van der Waals surface area contributed by atoms with E-state index in [-0.39, 0.29) is 5.54 Å². The van der Waals surface area contributed by atoms with Gasteiger partial charge in [0.1, 0.15) is 0 Å². The predicted molar refractivity (Wildman–Crippen MR) is 81.3 cm³/mol. The molecule has 19 heavy (non-hydrogen) atoms. The van der Waals surface area contributed by atoms with Gasteiger partial charge in [0.15, 0.2) is 0 Å². The number of anilines is 1. The minimum atomic E-state index is 0.0326. The molecule has 0 amide bonds. The zero-order chi connectivity index (χ0) is 14.2. The molecule has 1 aromatic carbocycles. The number of oxime groups is 1. The molecule has 0 unspecified atom stereocenters. The number of allylic oxidation sites excluding steroid dienone is 1. The zero-order valence-corrected chi connectivity index (χ0v) is 12.4. The Bertz CT molecular complexity index is 556. The number of fused-ring (bicyclic) bond motifs is 1. The SMILES string of the molecule is CCN1c2cc(C)c(/C=N\O)cc2C(C)=CC1(C)C. The first-order valence-corrected chi connectivity index (χ1v) is 6.70. The smallest absolute Gasteiger partial charge is 0.0736 e. The topological polar surface area (TPSA) is 35.8 Å². The summed E-state index contributed by atoms with van der Waals surface area (Å²) < 4.78 is 0. The molecule has 1 heterocycles. The van der Waals surface area contributed by atoms with Crippen LogP contribution in [0.1, 0.15) is 44.4 Å². The van der Waals surface area contributed by atoms with E-state index in [1.54, 1.807) is 0 Å². The lowest BCUT2D eigenvalue weighted by atomic mass is 9.87. The Morgan fingerprint density at radius 3 is 2.58 bits per heavy atom. The fraction of sp³-hybridized carbons (Fsp3) is 0.438. The van der Waals surface area contributed by atoms with Crippen molar-refractivity contribution in [3.63, 3.8) is 0 Å². The predicted octanol–water partition coefficient (Wildman–Crippen LogP) is 3.82. The number of hydrogen-bond acceptors (Lipinski definition) is 3. The van der Waals surface area contributed by atoms with E-state index in [4.69, 9.17) is 5.21 Å². The molecule has 3 heteroatoms. The molecule has 1 N–H and O–H groups in total. The van der Waals surface area contributed by atoms with Gasteiger partial charge in [-0.15, -0.1) is 0 Å². The van der Waals surface area contributed by atoms with Crippen LogP contribution in [-0.4, -0.2) is 23.5 Å². The van der Waals surface area contributed by atoms with Crippen LogP contribution in [0, 0.1) is 6.92 Å². The summed E-state index contributed by atoms with van der Waals surface area (Å²) in [5.41, 5.74) is 5.88. The highest BCUT2D eigenvalue weighted by Gasteiger charge is 2.30. The van der Waals surface area contributed by atoms with Crippen molar-refractivity contribution >= 4 is 17.5 Å². The molecule has 102 valence electrons. The molecule has 0 fully saturated rings. The van der Waals surface area contributed by atoms with Gasteiger partial charge in [-0.1, -0.05) is 11.2 Å². The molecule has 2 rings (SSSR count). The van der Waals surface area contributed by atoms with E-state index in [1.165, 1.54) is 23.0 Å². The first-order valence-electron chi connectivity index (χ1n) is 6.70. The molecule has 0 saturated carbocycles. The molecule has 0 aliphatic carbocycles. The summed E-state index contributed by atoms with van der Waals surface area (Å²) in [4.78, 5) is 2.40. The number of rotatable bonds is 2. The summed E-state index contributed by atoms with van der Waals surface area (Å²) in [6.45, 7) is 11.8. The maximum absolute atomic E-state index is 8.74. The Balaban J connectivity index is 2.67. The zero-order valence-electron chi connectivity index (χ0n) is 12.4. The second-order valence-electron chi connectivity index (χ2n) is 5.70. The van der Waals surface area contributed by atoms with Crippen molar-refractivity contribution in [3.05, 3.63) is 34.9 Å². The molecule has 1 aromatic rings. The lowest BCUT2D eigenvalue weighted by Gasteiger charge is -2.43. The molecule has 0 bridgehead atoms. The standard InChI is InChI=1S/C16H22N2O/c1-6-18-15-7-11(2)13(10-17-19)8-14(15)12(3)9-16(18,4)5/h7-10,19H,6H2,1-5H3/b17-10-. The van der Waals surface area contributed by atoms with Crippen molar-refractivity contribution in [2.75, 3.05) is 11.4 Å². The van der Waals surface area contributed by atoms with Crippen molar-refractivity contribution in [2.45, 2.75) is 40.2 Å². The third-order valence-corrected chi connectivity index (χ3v) is 3.88. The number of hydrogen-bond donors (Lipinski definition) is 1. The van der Waals surface area contributed by atoms with Gasteiger partial charge in [0.25, 0.3) is 0 Å². The van der Waals surface area contributed by atoms with Gasteiger partial charge in [0.2, 0.25) is 0 Å². The van der Waals surface area contributed by atoms with Gasteiger partial charge in [-0.3, -0.25) is 0 Å². The van der Waals surface area contributed by atoms with Gasteiger partial charge in [-0.05, 0) is 63.5 Å². The molecular weight excluding hydrogens is 236 g/mol. The van der Waals surface area contributed by atoms with Gasteiger partial charge >= 0.3 is 0 Å². The van der Waals surface area contributed by atoms with Crippen LogP contribution in [0.25, 0.3) is 5.57 Å². The molecule has 3 nitrogen and oxygen atoms in total. The number of likely N-dealkylation sites (N-methyl/N-ethyl adjacent to an activating group) is 1. The Morgan fingerprint density at radius 2 is 2.00 bits per heavy atom. The maximum Gasteiger partial charge on any atom is 0.0736 e. The van der Waals surface area contributed by atoms with Gasteiger partial charge in [0, 0.05) is 17.8 Å². The van der Waals surface area contributed by atoms with E-state index in [0.29, 0.717) is 0 Å². The minimum Gasteiger partial charge on any atom is -0.411 e. The fourth-order valence-electron chi connectivity index (χ4n) is 3.02. The van der Waals surface area contributed by atoms with E-state index < -0.39 is 0 Å². The second kappa shape index (κ2) is 4.72. The molecule has 1 aliphatic rings. The second-order valence-corrected chi connectivity index (χ2v) is 5.70. The third kappa shape index (κ3) is 2.25. The van der Waals surface area contributed by atoms with Crippen molar-refractivity contribution < 1.29 is 5.21 Å². The average Bonchev–Trinajstić information content (AvgIpc) is 2.31. The quantitative estimate of drug-likeness (QED) is 0.497. The Hall–Kier alpha value is -1.77. The van der Waals surface area contributed by atoms with Crippen molar-refractivity contribution in [1.82, 2.24) is 0 Å². The Kier molecular flexibility index (Phi) is 3.40. The molecule has 0 radical (unpaired) electrons. The summed E-state index contributed by atoms with van der Waals surface area (Å²) in [7, 11) is 0. The van der Waals surface area contributed by atoms with Crippen molar-refractivity contribution in [2.24, 2.45) is 5.16 Å². The van der Waals surface area contributed by atoms with E-state index in [9.17, 15) is 0 Å². The third-order valence-electron chi connectivity index (χ3n) is 3.88. The van der Waals surface area contributed by atoms with E-state index >= 15 is 0 Å². The number of benzene rings is 1. The van der Waals surface area contributed by atoms with Gasteiger partial charge in [-0.2, -0.15) is 0 Å². The summed E-state index contributed by atoms with van der Waals surface area (Å²) in [5, 5.41) is 11.9. The summed E-state index contributed by atoms with van der Waals surface area (Å²) in [6, 6.07) is 4.29. The van der Waals surface area contributed by atoms with Crippen LogP contribution >= 0.6 is 0 Å². The highest BCUT2D eigenvalue weighted by molar-refractivity contribution is 5.89. The van der Waals surface area contributed by atoms with Crippen molar-refractivity contribution in [3.8, 4) is 0 Å². The summed E-state index contributed by atoms with van der Waals surface area (Å²) >= 11 is 0. The van der Waals surface area contributed by atoms with Gasteiger partial charge in [-0.25, -0.2) is 0 Å². The maximum atomic E-state index is 8.74. The normalized spacial score (nSPS) is 17.5. The summed E-state index contributed by atoms with van der Waals surface area (Å²) in [6.07, 6.45) is 3.80. The van der Waals surface area contributed by atoms with Gasteiger partial charge < -0.3 is 10.1 Å². The van der Waals surface area contributed by atoms with Crippen molar-refractivity contribution in [1.29, 1.82) is 0 Å². The van der Waals surface area contributed by atoms with Crippen LogP contribution in [0.15, 0.2) is 23.4 Å². The van der Waals surface area contributed by atoms with Gasteiger partial charge in [0.05, 0.1) is 11.8 Å². The highest BCUT2D eigenvalue weighted by Crippen LogP contribution is 2.39. The van der Waals surface area contributed by atoms with E-state index in [1.807, 2.05) is 6.92 Å². The minimum absolute atomic E-state index is 0.0326. The number of aryl methyl sites for hydroxylation is 1. The first kappa shape index (κ1) is 13.7. The monoisotopic (exact) mass is 258 g/mol. The molecule has 0 atom stereocenters. The first-order chi connectivity index (χ1) is 8.90. The molecule has 0 aromatic heterocycles. The van der Waals surface area contributed by atoms with Crippen LogP contribution in [0.3, 0.4) is 0 Å². The molecule has 1 aliphatic heterocycles. The molecule has 0 saturated heterocycles. The van der Waals surface area contributed by atoms with Crippen LogP contribution in [-0.2, 0) is 0 Å². The largest absolute Gasteiger partial charge is 0.411 e. The van der Waals surface area contributed by atoms with E-state index in [2.05, 4.69) is 56.0 Å². The van der Waals surface area contributed by atoms with Crippen LogP contribution in [0.5, 0.6) is 0 Å².